The first-order valence-corrected chi connectivity index (χ1v) is 5.62. The summed E-state index contributed by atoms with van der Waals surface area (Å²) >= 11 is 0. The lowest BCUT2D eigenvalue weighted by molar-refractivity contribution is 0.0951. The van der Waals surface area contributed by atoms with Crippen molar-refractivity contribution in [2.45, 2.75) is 26.3 Å². The average Bonchev–Trinajstić information content (AvgIpc) is 2.29. The van der Waals surface area contributed by atoms with Crippen LogP contribution in [0.5, 0.6) is 0 Å². The second-order valence-electron chi connectivity index (χ2n) is 4.46. The molecule has 0 aliphatic heterocycles. The smallest absolute Gasteiger partial charge is 0.269 e. The van der Waals surface area contributed by atoms with Crippen LogP contribution in [0.15, 0.2) is 18.3 Å². The number of aliphatic hydroxyl groups is 1. The number of pyridine rings is 1. The third-order valence-corrected chi connectivity index (χ3v) is 2.21. The number of aromatic nitrogens is 1. The van der Waals surface area contributed by atoms with Gasteiger partial charge in [0.05, 0.1) is 12.1 Å². The summed E-state index contributed by atoms with van der Waals surface area (Å²) in [5.41, 5.74) is 0.700. The highest BCUT2D eigenvalue weighted by molar-refractivity contribution is 5.93. The topological polar surface area (TPSA) is 74.2 Å². The molecule has 1 rings (SSSR count). The fourth-order valence-corrected chi connectivity index (χ4v) is 1.31. The highest BCUT2D eigenvalue weighted by Gasteiger charge is 2.16. The summed E-state index contributed by atoms with van der Waals surface area (Å²) in [4.78, 5) is 15.6. The number of carbonyl (C=O) groups excluding carboxylic acids is 1. The van der Waals surface area contributed by atoms with Crippen LogP contribution in [0.2, 0.25) is 0 Å². The van der Waals surface area contributed by atoms with Crippen LogP contribution in [-0.4, -0.2) is 34.7 Å². The van der Waals surface area contributed by atoms with Crippen LogP contribution in [0.4, 0.5) is 5.69 Å². The Labute approximate surface area is 101 Å². The van der Waals surface area contributed by atoms with Crippen molar-refractivity contribution in [2.75, 3.05) is 18.5 Å². The minimum Gasteiger partial charge on any atom is -0.394 e. The summed E-state index contributed by atoms with van der Waals surface area (Å²) in [6.07, 6.45) is 1.57. The number of aliphatic hydroxyl groups excluding tert-OH is 1. The van der Waals surface area contributed by atoms with E-state index in [-0.39, 0.29) is 12.5 Å². The third-order valence-electron chi connectivity index (χ3n) is 2.21. The number of hydrogen-bond acceptors (Lipinski definition) is 4. The molecule has 0 aliphatic rings. The minimum atomic E-state index is -0.431. The van der Waals surface area contributed by atoms with Gasteiger partial charge in [-0.25, -0.2) is 0 Å². The Bertz CT molecular complexity index is 391. The maximum Gasteiger partial charge on any atom is 0.269 e. The van der Waals surface area contributed by atoms with E-state index in [2.05, 4.69) is 15.6 Å². The molecule has 1 aromatic heterocycles. The van der Waals surface area contributed by atoms with Crippen molar-refractivity contribution in [2.24, 2.45) is 0 Å². The number of hydrogen-bond donors (Lipinski definition) is 3. The molecular weight excluding hydrogens is 218 g/mol. The summed E-state index contributed by atoms with van der Waals surface area (Å²) in [5, 5.41) is 15.0. The molecule has 1 aromatic rings. The summed E-state index contributed by atoms with van der Waals surface area (Å²) in [6.45, 7) is 6.18. The Morgan fingerprint density at radius 3 is 2.82 bits per heavy atom. The van der Waals surface area contributed by atoms with Gasteiger partial charge in [-0.15, -0.1) is 0 Å². The van der Waals surface area contributed by atoms with Gasteiger partial charge in [0.25, 0.3) is 5.91 Å². The van der Waals surface area contributed by atoms with E-state index in [0.29, 0.717) is 12.2 Å². The second kappa shape index (κ2) is 5.63. The van der Waals surface area contributed by atoms with E-state index in [0.717, 1.165) is 5.69 Å². The molecule has 0 aromatic carbocycles. The minimum absolute atomic E-state index is 0.00577. The van der Waals surface area contributed by atoms with E-state index in [4.69, 9.17) is 5.11 Å². The third kappa shape index (κ3) is 4.03. The Morgan fingerprint density at radius 2 is 2.24 bits per heavy atom. The molecule has 1 amide bonds. The lowest BCUT2D eigenvalue weighted by atomic mass is 10.1. The van der Waals surface area contributed by atoms with E-state index >= 15 is 0 Å². The summed E-state index contributed by atoms with van der Waals surface area (Å²) < 4.78 is 0. The van der Waals surface area contributed by atoms with Gasteiger partial charge in [-0.2, -0.15) is 0 Å². The monoisotopic (exact) mass is 237 g/mol. The van der Waals surface area contributed by atoms with E-state index in [1.165, 1.54) is 0 Å². The number of nitrogens with zero attached hydrogens (tertiary/aromatic N) is 1. The SMILES string of the molecule is CCNC(=O)c1cc(NC(C)(C)CO)ccn1. The summed E-state index contributed by atoms with van der Waals surface area (Å²) in [6, 6.07) is 3.43. The number of anilines is 1. The fraction of sp³-hybridized carbons (Fsp3) is 0.500. The van der Waals surface area contributed by atoms with Gasteiger partial charge in [0.15, 0.2) is 0 Å². The molecule has 0 saturated carbocycles. The molecule has 0 fully saturated rings. The van der Waals surface area contributed by atoms with Crippen LogP contribution < -0.4 is 10.6 Å². The van der Waals surface area contributed by atoms with Gasteiger partial charge in [-0.3, -0.25) is 9.78 Å². The molecule has 17 heavy (non-hydrogen) atoms. The quantitative estimate of drug-likeness (QED) is 0.714. The molecule has 5 nitrogen and oxygen atoms in total. The number of rotatable bonds is 5. The Hall–Kier alpha value is -1.62. The van der Waals surface area contributed by atoms with Gasteiger partial charge < -0.3 is 15.7 Å². The molecule has 0 unspecified atom stereocenters. The summed E-state index contributed by atoms with van der Waals surface area (Å²) in [5.74, 6) is -0.196. The predicted molar refractivity (Wildman–Crippen MR) is 67.0 cm³/mol. The van der Waals surface area contributed by atoms with Gasteiger partial charge in [0, 0.05) is 18.4 Å². The van der Waals surface area contributed by atoms with Crippen LogP contribution >= 0.6 is 0 Å². The molecule has 0 spiro atoms. The van der Waals surface area contributed by atoms with Crippen LogP contribution in [0, 0.1) is 0 Å². The zero-order valence-corrected chi connectivity index (χ0v) is 10.4. The number of carbonyl (C=O) groups is 1. The maximum atomic E-state index is 11.6. The molecule has 5 heteroatoms. The van der Waals surface area contributed by atoms with Gasteiger partial charge in [-0.05, 0) is 32.9 Å². The van der Waals surface area contributed by atoms with Crippen molar-refractivity contribution in [1.82, 2.24) is 10.3 Å². The van der Waals surface area contributed by atoms with Gasteiger partial charge >= 0.3 is 0 Å². The van der Waals surface area contributed by atoms with Crippen LogP contribution in [0.3, 0.4) is 0 Å². The molecule has 0 radical (unpaired) electrons. The number of amides is 1. The van der Waals surface area contributed by atoms with E-state index in [1.54, 1.807) is 18.3 Å². The van der Waals surface area contributed by atoms with Crippen molar-refractivity contribution >= 4 is 11.6 Å². The Kier molecular flexibility index (Phi) is 4.45. The number of nitrogens with one attached hydrogen (secondary N) is 2. The normalized spacial score (nSPS) is 11.1. The van der Waals surface area contributed by atoms with Crippen molar-refractivity contribution in [3.63, 3.8) is 0 Å². The van der Waals surface area contributed by atoms with Crippen molar-refractivity contribution < 1.29 is 9.90 Å². The highest BCUT2D eigenvalue weighted by atomic mass is 16.3. The van der Waals surface area contributed by atoms with Gasteiger partial charge in [-0.1, -0.05) is 0 Å². The zero-order chi connectivity index (χ0) is 12.9. The molecule has 0 aliphatic carbocycles. The lowest BCUT2D eigenvalue weighted by Crippen LogP contribution is -2.35. The summed E-state index contributed by atoms with van der Waals surface area (Å²) in [7, 11) is 0. The average molecular weight is 237 g/mol. The van der Waals surface area contributed by atoms with Crippen molar-refractivity contribution in [3.05, 3.63) is 24.0 Å². The Morgan fingerprint density at radius 1 is 1.53 bits per heavy atom. The predicted octanol–water partition coefficient (Wildman–Crippen LogP) is 1.01. The van der Waals surface area contributed by atoms with E-state index < -0.39 is 5.54 Å². The molecule has 1 heterocycles. The standard InChI is InChI=1S/C12H19N3O2/c1-4-13-11(17)10-7-9(5-6-14-10)15-12(2,3)8-16/h5-7,16H,4,8H2,1-3H3,(H,13,17)(H,14,15). The zero-order valence-electron chi connectivity index (χ0n) is 10.4. The molecule has 94 valence electrons. The first kappa shape index (κ1) is 13.4. The van der Waals surface area contributed by atoms with Crippen LogP contribution in [0.25, 0.3) is 0 Å². The van der Waals surface area contributed by atoms with Crippen molar-refractivity contribution in [3.8, 4) is 0 Å². The van der Waals surface area contributed by atoms with Gasteiger partial charge in [0.1, 0.15) is 5.69 Å². The van der Waals surface area contributed by atoms with E-state index in [1.807, 2.05) is 20.8 Å². The molecular formula is C12H19N3O2. The Balaban J connectivity index is 2.82. The fourth-order valence-electron chi connectivity index (χ4n) is 1.31. The largest absolute Gasteiger partial charge is 0.394 e. The molecule has 0 bridgehead atoms. The molecule has 0 saturated heterocycles. The van der Waals surface area contributed by atoms with Crippen LogP contribution in [-0.2, 0) is 0 Å². The van der Waals surface area contributed by atoms with Gasteiger partial charge in [0.2, 0.25) is 0 Å². The maximum absolute atomic E-state index is 11.6. The lowest BCUT2D eigenvalue weighted by Gasteiger charge is -2.24. The second-order valence-corrected chi connectivity index (χ2v) is 4.46. The first-order chi connectivity index (χ1) is 7.98. The molecule has 3 N–H and O–H groups in total. The highest BCUT2D eigenvalue weighted by Crippen LogP contribution is 2.14. The van der Waals surface area contributed by atoms with Crippen LogP contribution in [0.1, 0.15) is 31.3 Å². The molecule has 0 atom stereocenters. The first-order valence-electron chi connectivity index (χ1n) is 5.62. The van der Waals surface area contributed by atoms with Crippen molar-refractivity contribution in [1.29, 1.82) is 0 Å². The van der Waals surface area contributed by atoms with E-state index in [9.17, 15) is 4.79 Å².